The fourth-order valence-corrected chi connectivity index (χ4v) is 3.53. The second-order valence-electron chi connectivity index (χ2n) is 7.10. The third-order valence-electron chi connectivity index (χ3n) is 5.26. The highest BCUT2D eigenvalue weighted by Gasteiger charge is 2.27. The summed E-state index contributed by atoms with van der Waals surface area (Å²) < 4.78 is 5.23. The smallest absolute Gasteiger partial charge is 0.239 e. The molecule has 0 radical (unpaired) electrons. The molecular formula is C22H29N3O2. The number of nitrogens with zero attached hydrogens (tertiary/aromatic N) is 3. The van der Waals surface area contributed by atoms with Crippen molar-refractivity contribution >= 4 is 5.91 Å². The Kier molecular flexibility index (Phi) is 6.82. The van der Waals surface area contributed by atoms with Gasteiger partial charge in [0.1, 0.15) is 5.75 Å². The van der Waals surface area contributed by atoms with E-state index in [9.17, 15) is 4.79 Å². The molecule has 0 aliphatic carbocycles. The highest BCUT2D eigenvalue weighted by Crippen LogP contribution is 2.16. The Labute approximate surface area is 162 Å². The number of carbonyl (C=O) groups is 1. The van der Waals surface area contributed by atoms with Crippen LogP contribution in [0.15, 0.2) is 48.7 Å². The van der Waals surface area contributed by atoms with E-state index in [-0.39, 0.29) is 11.9 Å². The minimum absolute atomic E-state index is 0.150. The maximum absolute atomic E-state index is 12.9. The zero-order chi connectivity index (χ0) is 19.1. The lowest BCUT2D eigenvalue weighted by Gasteiger charge is -2.31. The van der Waals surface area contributed by atoms with Crippen molar-refractivity contribution in [1.29, 1.82) is 0 Å². The molecule has 5 heteroatoms. The summed E-state index contributed by atoms with van der Waals surface area (Å²) in [5.74, 6) is 1.10. The van der Waals surface area contributed by atoms with Gasteiger partial charge in [0.15, 0.2) is 0 Å². The second-order valence-corrected chi connectivity index (χ2v) is 7.10. The topological polar surface area (TPSA) is 45.7 Å². The lowest BCUT2D eigenvalue weighted by atomic mass is 10.1. The van der Waals surface area contributed by atoms with Gasteiger partial charge in [-0.05, 0) is 56.0 Å². The first-order chi connectivity index (χ1) is 13.2. The van der Waals surface area contributed by atoms with Crippen LogP contribution in [-0.2, 0) is 17.8 Å². The van der Waals surface area contributed by atoms with Gasteiger partial charge in [0.25, 0.3) is 0 Å². The number of likely N-dealkylation sites (tertiary alicyclic amines) is 1. The van der Waals surface area contributed by atoms with Crippen molar-refractivity contribution in [3.05, 3.63) is 59.9 Å². The van der Waals surface area contributed by atoms with Crippen molar-refractivity contribution in [1.82, 2.24) is 14.8 Å². The lowest BCUT2D eigenvalue weighted by Crippen LogP contribution is -2.46. The Morgan fingerprint density at radius 2 is 1.93 bits per heavy atom. The number of carbonyl (C=O) groups excluding carboxylic acids is 1. The molecule has 144 valence electrons. The molecule has 0 spiro atoms. The highest BCUT2D eigenvalue weighted by atomic mass is 16.5. The summed E-state index contributed by atoms with van der Waals surface area (Å²) in [5, 5.41) is 0. The number of benzene rings is 1. The summed E-state index contributed by atoms with van der Waals surface area (Å²) in [6.07, 6.45) is 4.92. The molecule has 5 nitrogen and oxygen atoms in total. The third kappa shape index (κ3) is 5.30. The van der Waals surface area contributed by atoms with Gasteiger partial charge in [0.05, 0.1) is 18.8 Å². The molecule has 1 aromatic heterocycles. The van der Waals surface area contributed by atoms with E-state index in [4.69, 9.17) is 4.74 Å². The van der Waals surface area contributed by atoms with E-state index >= 15 is 0 Å². The molecule has 3 rings (SSSR count). The van der Waals surface area contributed by atoms with Gasteiger partial charge in [-0.1, -0.05) is 18.2 Å². The Hall–Kier alpha value is -2.40. The number of pyridine rings is 1. The summed E-state index contributed by atoms with van der Waals surface area (Å²) >= 11 is 0. The first-order valence-corrected chi connectivity index (χ1v) is 9.73. The number of methoxy groups -OCH3 is 1. The van der Waals surface area contributed by atoms with Crippen LogP contribution >= 0.6 is 0 Å². The third-order valence-corrected chi connectivity index (χ3v) is 5.26. The lowest BCUT2D eigenvalue weighted by molar-refractivity contribution is -0.135. The molecule has 0 saturated carbocycles. The van der Waals surface area contributed by atoms with Crippen LogP contribution in [0, 0.1) is 0 Å². The summed E-state index contributed by atoms with van der Waals surface area (Å²) in [6, 6.07) is 13.9. The van der Waals surface area contributed by atoms with Gasteiger partial charge >= 0.3 is 0 Å². The second kappa shape index (κ2) is 9.51. The molecular weight excluding hydrogens is 338 g/mol. The maximum atomic E-state index is 12.9. The molecule has 0 bridgehead atoms. The van der Waals surface area contributed by atoms with Crippen LogP contribution < -0.4 is 4.74 Å². The van der Waals surface area contributed by atoms with Crippen LogP contribution in [0.2, 0.25) is 0 Å². The molecule has 1 atom stereocenters. The monoisotopic (exact) mass is 367 g/mol. The van der Waals surface area contributed by atoms with Gasteiger partial charge in [-0.25, -0.2) is 0 Å². The normalized spacial score (nSPS) is 15.1. The minimum atomic E-state index is -0.150. The fourth-order valence-electron chi connectivity index (χ4n) is 3.53. The summed E-state index contributed by atoms with van der Waals surface area (Å²) in [5.41, 5.74) is 2.23. The number of amides is 1. The van der Waals surface area contributed by atoms with Gasteiger partial charge in [-0.3, -0.25) is 14.7 Å². The van der Waals surface area contributed by atoms with Crippen molar-refractivity contribution in [2.45, 2.75) is 38.8 Å². The highest BCUT2D eigenvalue weighted by molar-refractivity contribution is 5.81. The molecule has 2 heterocycles. The van der Waals surface area contributed by atoms with Crippen molar-refractivity contribution in [2.24, 2.45) is 0 Å². The minimum Gasteiger partial charge on any atom is -0.497 e. The Bertz CT molecular complexity index is 712. The summed E-state index contributed by atoms with van der Waals surface area (Å²) in [7, 11) is 1.68. The first kappa shape index (κ1) is 19.4. The first-order valence-electron chi connectivity index (χ1n) is 9.73. The van der Waals surface area contributed by atoms with Crippen molar-refractivity contribution in [2.75, 3.05) is 26.7 Å². The van der Waals surface area contributed by atoms with Gasteiger partial charge in [0.2, 0.25) is 5.91 Å². The van der Waals surface area contributed by atoms with Crippen LogP contribution in [0.3, 0.4) is 0 Å². The van der Waals surface area contributed by atoms with Crippen LogP contribution in [0.25, 0.3) is 0 Å². The van der Waals surface area contributed by atoms with Crippen LogP contribution in [-0.4, -0.2) is 53.5 Å². The van der Waals surface area contributed by atoms with Gasteiger partial charge < -0.3 is 9.64 Å². The quantitative estimate of drug-likeness (QED) is 0.719. The largest absolute Gasteiger partial charge is 0.497 e. The molecule has 1 aromatic carbocycles. The van der Waals surface area contributed by atoms with E-state index < -0.39 is 0 Å². The predicted octanol–water partition coefficient (Wildman–Crippen LogP) is 3.15. The van der Waals surface area contributed by atoms with E-state index in [1.165, 1.54) is 5.56 Å². The summed E-state index contributed by atoms with van der Waals surface area (Å²) in [6.45, 7) is 5.29. The number of hydrogen-bond donors (Lipinski definition) is 0. The number of ether oxygens (including phenoxy) is 1. The molecule has 1 unspecified atom stereocenters. The molecule has 1 aliphatic heterocycles. The molecule has 1 aliphatic rings. The molecule has 1 amide bonds. The fraction of sp³-hybridized carbons (Fsp3) is 0.455. The zero-order valence-corrected chi connectivity index (χ0v) is 16.3. The molecule has 0 N–H and O–H groups in total. The van der Waals surface area contributed by atoms with Crippen LogP contribution in [0.5, 0.6) is 5.75 Å². The van der Waals surface area contributed by atoms with Gasteiger partial charge in [-0.15, -0.1) is 0 Å². The molecule has 2 aromatic rings. The number of hydrogen-bond acceptors (Lipinski definition) is 4. The van der Waals surface area contributed by atoms with E-state index in [1.807, 2.05) is 48.4 Å². The van der Waals surface area contributed by atoms with Crippen molar-refractivity contribution in [3.8, 4) is 5.75 Å². The van der Waals surface area contributed by atoms with E-state index in [0.29, 0.717) is 6.54 Å². The standard InChI is InChI=1S/C22H29N3O2/c1-18(22(26)24-14-5-6-15-24)25(17-20-7-3-4-13-23-20)16-12-19-8-10-21(27-2)11-9-19/h3-4,7-11,13,18H,5-6,12,14-17H2,1-2H3. The van der Waals surface area contributed by atoms with E-state index in [0.717, 1.165) is 50.3 Å². The maximum Gasteiger partial charge on any atom is 0.239 e. The molecule has 27 heavy (non-hydrogen) atoms. The Morgan fingerprint density at radius 1 is 1.19 bits per heavy atom. The number of aromatic nitrogens is 1. The average Bonchev–Trinajstić information content (AvgIpc) is 3.26. The van der Waals surface area contributed by atoms with Crippen molar-refractivity contribution in [3.63, 3.8) is 0 Å². The zero-order valence-electron chi connectivity index (χ0n) is 16.3. The Morgan fingerprint density at radius 3 is 2.56 bits per heavy atom. The van der Waals surface area contributed by atoms with Gasteiger partial charge in [-0.2, -0.15) is 0 Å². The average molecular weight is 367 g/mol. The van der Waals surface area contributed by atoms with Crippen LogP contribution in [0.1, 0.15) is 31.0 Å². The summed E-state index contributed by atoms with van der Waals surface area (Å²) in [4.78, 5) is 21.6. The Balaban J connectivity index is 1.68. The van der Waals surface area contributed by atoms with Gasteiger partial charge in [0, 0.05) is 32.4 Å². The molecule has 1 saturated heterocycles. The van der Waals surface area contributed by atoms with E-state index in [2.05, 4.69) is 22.0 Å². The van der Waals surface area contributed by atoms with E-state index in [1.54, 1.807) is 7.11 Å². The number of rotatable bonds is 8. The van der Waals surface area contributed by atoms with Crippen LogP contribution in [0.4, 0.5) is 0 Å². The molecule has 1 fully saturated rings. The predicted molar refractivity (Wildman–Crippen MR) is 107 cm³/mol. The SMILES string of the molecule is COc1ccc(CCN(Cc2ccccn2)C(C)C(=O)N2CCCC2)cc1. The van der Waals surface area contributed by atoms with Crippen molar-refractivity contribution < 1.29 is 9.53 Å².